The maximum atomic E-state index is 11.9. The highest BCUT2D eigenvalue weighted by Crippen LogP contribution is 2.44. The third-order valence-corrected chi connectivity index (χ3v) is 5.71. The molecule has 0 radical (unpaired) electrons. The third kappa shape index (κ3) is 3.07. The number of nitrogens with one attached hydrogen (secondary N) is 2. The standard InChI is InChI=1S/C18H25N5O3/c1-10-5-6-14(18(10,2)3)22-15-12(16(19)24)8-20-23-9-11(7-13(15)23)21-17(25)26-4/h7-10,14,22H,5-6H2,1-4H3,(H2,19,24)(H,21,25)/t10-,14+/m0/s1. The second kappa shape index (κ2) is 6.51. The van der Waals surface area contributed by atoms with E-state index >= 15 is 0 Å². The third-order valence-electron chi connectivity index (χ3n) is 5.71. The zero-order valence-corrected chi connectivity index (χ0v) is 15.5. The van der Waals surface area contributed by atoms with Crippen LogP contribution in [0.3, 0.4) is 0 Å². The molecule has 26 heavy (non-hydrogen) atoms. The maximum absolute atomic E-state index is 11.9. The summed E-state index contributed by atoms with van der Waals surface area (Å²) < 4.78 is 6.22. The normalized spacial score (nSPS) is 21.5. The van der Waals surface area contributed by atoms with Crippen molar-refractivity contribution in [2.24, 2.45) is 17.1 Å². The summed E-state index contributed by atoms with van der Waals surface area (Å²) in [5.41, 5.74) is 7.80. The second-order valence-corrected chi connectivity index (χ2v) is 7.47. The summed E-state index contributed by atoms with van der Waals surface area (Å²) in [6, 6.07) is 1.94. The molecule has 0 saturated heterocycles. The van der Waals surface area contributed by atoms with Crippen LogP contribution in [0.2, 0.25) is 0 Å². The van der Waals surface area contributed by atoms with E-state index in [0.29, 0.717) is 28.4 Å². The second-order valence-electron chi connectivity index (χ2n) is 7.47. The monoisotopic (exact) mass is 359 g/mol. The Morgan fingerprint density at radius 3 is 2.69 bits per heavy atom. The molecular weight excluding hydrogens is 334 g/mol. The van der Waals surface area contributed by atoms with Crippen LogP contribution in [0.15, 0.2) is 18.5 Å². The lowest BCUT2D eigenvalue weighted by Crippen LogP contribution is -2.35. The molecule has 140 valence electrons. The van der Waals surface area contributed by atoms with Gasteiger partial charge in [-0.05, 0) is 30.2 Å². The molecule has 0 spiro atoms. The first-order chi connectivity index (χ1) is 12.2. The summed E-state index contributed by atoms with van der Waals surface area (Å²) >= 11 is 0. The maximum Gasteiger partial charge on any atom is 0.411 e. The van der Waals surface area contributed by atoms with Crippen molar-refractivity contribution >= 4 is 28.9 Å². The van der Waals surface area contributed by atoms with Gasteiger partial charge in [-0.2, -0.15) is 5.10 Å². The van der Waals surface area contributed by atoms with Crippen molar-refractivity contribution in [2.75, 3.05) is 17.7 Å². The number of hydrogen-bond donors (Lipinski definition) is 3. The van der Waals surface area contributed by atoms with Gasteiger partial charge in [0.05, 0.1) is 42.0 Å². The zero-order valence-electron chi connectivity index (χ0n) is 15.5. The first-order valence-corrected chi connectivity index (χ1v) is 8.66. The summed E-state index contributed by atoms with van der Waals surface area (Å²) in [6.07, 6.45) is 4.66. The zero-order chi connectivity index (χ0) is 19.1. The largest absolute Gasteiger partial charge is 0.453 e. The van der Waals surface area contributed by atoms with Gasteiger partial charge in [0.1, 0.15) is 0 Å². The molecule has 8 heteroatoms. The predicted molar refractivity (Wildman–Crippen MR) is 99.3 cm³/mol. The number of amides is 2. The Kier molecular flexibility index (Phi) is 4.52. The molecule has 1 saturated carbocycles. The van der Waals surface area contributed by atoms with Gasteiger partial charge in [-0.25, -0.2) is 9.31 Å². The van der Waals surface area contributed by atoms with Crippen LogP contribution >= 0.6 is 0 Å². The Morgan fingerprint density at radius 1 is 1.38 bits per heavy atom. The van der Waals surface area contributed by atoms with E-state index < -0.39 is 12.0 Å². The first-order valence-electron chi connectivity index (χ1n) is 8.66. The van der Waals surface area contributed by atoms with E-state index in [4.69, 9.17) is 5.73 Å². The fourth-order valence-corrected chi connectivity index (χ4v) is 3.57. The number of primary amides is 1. The Balaban J connectivity index is 2.04. The van der Waals surface area contributed by atoms with Gasteiger partial charge >= 0.3 is 6.09 Å². The van der Waals surface area contributed by atoms with Gasteiger partial charge in [-0.1, -0.05) is 20.8 Å². The Labute approximate surface area is 152 Å². The lowest BCUT2D eigenvalue weighted by Gasteiger charge is -2.33. The number of methoxy groups -OCH3 is 1. The molecule has 2 amide bonds. The van der Waals surface area contributed by atoms with Crippen LogP contribution < -0.4 is 16.4 Å². The summed E-state index contributed by atoms with van der Waals surface area (Å²) in [6.45, 7) is 6.70. The quantitative estimate of drug-likeness (QED) is 0.777. The van der Waals surface area contributed by atoms with Crippen molar-refractivity contribution in [3.05, 3.63) is 24.0 Å². The Bertz CT molecular complexity index is 858. The molecule has 1 fully saturated rings. The minimum absolute atomic E-state index is 0.0782. The SMILES string of the molecule is COC(=O)Nc1cc2c(N[C@@H]3CC[C@H](C)C3(C)C)c(C(N)=O)cnn2c1. The van der Waals surface area contributed by atoms with Crippen molar-refractivity contribution in [3.63, 3.8) is 0 Å². The van der Waals surface area contributed by atoms with Gasteiger partial charge < -0.3 is 15.8 Å². The molecule has 2 aromatic rings. The molecule has 0 bridgehead atoms. The fraction of sp³-hybridized carbons (Fsp3) is 0.500. The molecular formula is C18H25N5O3. The van der Waals surface area contributed by atoms with Crippen LogP contribution in [0, 0.1) is 11.3 Å². The number of aromatic nitrogens is 2. The molecule has 3 rings (SSSR count). The lowest BCUT2D eigenvalue weighted by molar-refractivity contribution is 0.100. The highest BCUT2D eigenvalue weighted by Gasteiger charge is 2.41. The summed E-state index contributed by atoms with van der Waals surface area (Å²) in [4.78, 5) is 23.4. The number of fused-ring (bicyclic) bond motifs is 1. The number of rotatable bonds is 4. The van der Waals surface area contributed by atoms with Crippen LogP contribution in [-0.2, 0) is 4.74 Å². The van der Waals surface area contributed by atoms with Crippen LogP contribution in [0.1, 0.15) is 44.0 Å². The lowest BCUT2D eigenvalue weighted by atomic mass is 9.80. The van der Waals surface area contributed by atoms with Gasteiger partial charge in [0, 0.05) is 6.04 Å². The summed E-state index contributed by atoms with van der Waals surface area (Å²) in [5.74, 6) is 0.0215. The van der Waals surface area contributed by atoms with E-state index in [0.717, 1.165) is 12.8 Å². The van der Waals surface area contributed by atoms with E-state index in [9.17, 15) is 9.59 Å². The number of nitrogens with zero attached hydrogens (tertiary/aromatic N) is 2. The van der Waals surface area contributed by atoms with E-state index in [-0.39, 0.29) is 11.5 Å². The highest BCUT2D eigenvalue weighted by molar-refractivity contribution is 6.02. The number of carbonyl (C=O) groups excluding carboxylic acids is 2. The van der Waals surface area contributed by atoms with Gasteiger partial charge in [-0.3, -0.25) is 10.1 Å². The molecule has 2 atom stereocenters. The van der Waals surface area contributed by atoms with Crippen LogP contribution in [0.5, 0.6) is 0 Å². The Hall–Kier alpha value is -2.77. The topological polar surface area (TPSA) is 111 Å². The minimum atomic E-state index is -0.573. The van der Waals surface area contributed by atoms with Crippen LogP contribution in [0.25, 0.3) is 5.52 Å². The van der Waals surface area contributed by atoms with Gasteiger partial charge in [0.25, 0.3) is 5.91 Å². The van der Waals surface area contributed by atoms with E-state index in [1.54, 1.807) is 16.8 Å². The number of anilines is 2. The van der Waals surface area contributed by atoms with E-state index in [2.05, 4.69) is 41.2 Å². The molecule has 2 aromatic heterocycles. The van der Waals surface area contributed by atoms with E-state index in [1.165, 1.54) is 13.3 Å². The van der Waals surface area contributed by atoms with Gasteiger partial charge in [0.2, 0.25) is 0 Å². The molecule has 8 nitrogen and oxygen atoms in total. The van der Waals surface area contributed by atoms with E-state index in [1.807, 2.05) is 0 Å². The number of hydrogen-bond acceptors (Lipinski definition) is 5. The molecule has 0 aromatic carbocycles. The van der Waals surface area contributed by atoms with Crippen molar-refractivity contribution in [1.29, 1.82) is 0 Å². The van der Waals surface area contributed by atoms with Crippen molar-refractivity contribution < 1.29 is 14.3 Å². The molecule has 2 heterocycles. The summed E-state index contributed by atoms with van der Waals surface area (Å²) in [5, 5.41) is 10.4. The predicted octanol–water partition coefficient (Wildman–Crippen LogP) is 2.85. The smallest absolute Gasteiger partial charge is 0.411 e. The minimum Gasteiger partial charge on any atom is -0.453 e. The molecule has 4 N–H and O–H groups in total. The van der Waals surface area contributed by atoms with Gasteiger partial charge in [-0.15, -0.1) is 0 Å². The van der Waals surface area contributed by atoms with Crippen molar-refractivity contribution in [2.45, 2.75) is 39.7 Å². The van der Waals surface area contributed by atoms with Crippen LogP contribution in [0.4, 0.5) is 16.2 Å². The Morgan fingerprint density at radius 2 is 2.12 bits per heavy atom. The van der Waals surface area contributed by atoms with Crippen molar-refractivity contribution in [3.8, 4) is 0 Å². The van der Waals surface area contributed by atoms with Crippen LogP contribution in [-0.4, -0.2) is 34.8 Å². The van der Waals surface area contributed by atoms with Gasteiger partial charge in [0.15, 0.2) is 0 Å². The summed E-state index contributed by atoms with van der Waals surface area (Å²) in [7, 11) is 1.30. The number of ether oxygens (including phenoxy) is 1. The molecule has 0 aliphatic heterocycles. The number of carbonyl (C=O) groups is 2. The van der Waals surface area contributed by atoms with Crippen molar-refractivity contribution in [1.82, 2.24) is 9.61 Å². The average molecular weight is 359 g/mol. The average Bonchev–Trinajstić information content (AvgIpc) is 3.09. The fourth-order valence-electron chi connectivity index (χ4n) is 3.57. The number of nitrogens with two attached hydrogens (primary N) is 1. The molecule has 0 unspecified atom stereocenters. The molecule has 1 aliphatic carbocycles. The molecule has 1 aliphatic rings. The first kappa shape index (κ1) is 18.0. The highest BCUT2D eigenvalue weighted by atomic mass is 16.5.